The first-order valence-electron chi connectivity index (χ1n) is 7.49. The van der Waals surface area contributed by atoms with Crippen molar-refractivity contribution in [1.82, 2.24) is 5.32 Å². The molecule has 1 aromatic heterocycles. The van der Waals surface area contributed by atoms with E-state index in [0.717, 1.165) is 34.8 Å². The van der Waals surface area contributed by atoms with Gasteiger partial charge in [0, 0.05) is 10.9 Å². The highest BCUT2D eigenvalue weighted by atomic mass is 35.5. The van der Waals surface area contributed by atoms with Gasteiger partial charge in [0.2, 0.25) is 0 Å². The van der Waals surface area contributed by atoms with Crippen LogP contribution >= 0.6 is 11.6 Å². The second-order valence-electron chi connectivity index (χ2n) is 6.31. The minimum atomic E-state index is 0.645. The number of fused-ring (bicyclic) bond motifs is 1. The number of halogens is 1. The predicted molar refractivity (Wildman–Crippen MR) is 84.5 cm³/mol. The summed E-state index contributed by atoms with van der Waals surface area (Å²) < 4.78 is 6.15. The summed E-state index contributed by atoms with van der Waals surface area (Å²) >= 11 is 6.42. The molecule has 1 fully saturated rings. The fraction of sp³-hybridized carbons (Fsp3) is 0.529. The molecule has 0 unspecified atom stereocenters. The second-order valence-corrected chi connectivity index (χ2v) is 6.71. The van der Waals surface area contributed by atoms with Crippen LogP contribution in [0, 0.1) is 12.8 Å². The van der Waals surface area contributed by atoms with E-state index in [1.807, 2.05) is 12.1 Å². The van der Waals surface area contributed by atoms with Crippen LogP contribution in [0.1, 0.15) is 49.5 Å². The van der Waals surface area contributed by atoms with Gasteiger partial charge in [-0.1, -0.05) is 31.5 Å². The maximum atomic E-state index is 6.42. The number of rotatable bonds is 5. The summed E-state index contributed by atoms with van der Waals surface area (Å²) in [7, 11) is 0. The molecule has 2 aromatic rings. The SMILES string of the molecule is Cc1ccc(Cl)c2c(C3CC3)c(CNCC(C)C)oc12. The van der Waals surface area contributed by atoms with Crippen molar-refractivity contribution in [2.45, 2.75) is 46.1 Å². The van der Waals surface area contributed by atoms with Crippen LogP contribution in [0.3, 0.4) is 0 Å². The van der Waals surface area contributed by atoms with E-state index in [4.69, 9.17) is 16.0 Å². The number of aryl methyl sites for hydroxylation is 1. The normalized spacial score (nSPS) is 15.4. The van der Waals surface area contributed by atoms with Crippen molar-refractivity contribution < 1.29 is 4.42 Å². The van der Waals surface area contributed by atoms with Crippen molar-refractivity contribution in [3.05, 3.63) is 34.0 Å². The first-order chi connectivity index (χ1) is 9.58. The van der Waals surface area contributed by atoms with Gasteiger partial charge in [-0.25, -0.2) is 0 Å². The number of hydrogen-bond donors (Lipinski definition) is 1. The van der Waals surface area contributed by atoms with E-state index in [-0.39, 0.29) is 0 Å². The molecule has 3 heteroatoms. The zero-order valence-corrected chi connectivity index (χ0v) is 13.2. The molecule has 1 saturated carbocycles. The summed E-state index contributed by atoms with van der Waals surface area (Å²) in [4.78, 5) is 0. The van der Waals surface area contributed by atoms with Gasteiger partial charge in [0.05, 0.1) is 11.6 Å². The number of furan rings is 1. The van der Waals surface area contributed by atoms with Gasteiger partial charge in [0.15, 0.2) is 0 Å². The standard InChI is InChI=1S/C17H22ClNO/c1-10(2)8-19-9-14-15(12-5-6-12)16-13(18)7-4-11(3)17(16)20-14/h4,7,10,12,19H,5-6,8-9H2,1-3H3. The number of hydrogen-bond acceptors (Lipinski definition) is 2. The molecule has 1 aliphatic carbocycles. The average Bonchev–Trinajstić information content (AvgIpc) is 3.15. The third-order valence-corrected chi connectivity index (χ3v) is 4.24. The molecule has 1 aliphatic rings. The quantitative estimate of drug-likeness (QED) is 0.837. The van der Waals surface area contributed by atoms with Crippen molar-refractivity contribution in [1.29, 1.82) is 0 Å². The Labute approximate surface area is 125 Å². The molecule has 0 radical (unpaired) electrons. The van der Waals surface area contributed by atoms with Crippen LogP contribution in [0.5, 0.6) is 0 Å². The molecule has 0 bridgehead atoms. The minimum absolute atomic E-state index is 0.645. The van der Waals surface area contributed by atoms with Gasteiger partial charge in [0.1, 0.15) is 11.3 Å². The van der Waals surface area contributed by atoms with Gasteiger partial charge in [0.25, 0.3) is 0 Å². The monoisotopic (exact) mass is 291 g/mol. The lowest BCUT2D eigenvalue weighted by Crippen LogP contribution is -2.19. The lowest BCUT2D eigenvalue weighted by atomic mass is 10.0. The third kappa shape index (κ3) is 2.59. The molecule has 108 valence electrons. The molecule has 20 heavy (non-hydrogen) atoms. The summed E-state index contributed by atoms with van der Waals surface area (Å²) in [5.41, 5.74) is 3.49. The van der Waals surface area contributed by atoms with Crippen LogP contribution in [-0.2, 0) is 6.54 Å². The molecule has 3 rings (SSSR count). The summed E-state index contributed by atoms with van der Waals surface area (Å²) in [5, 5.41) is 5.46. The molecule has 1 N–H and O–H groups in total. The summed E-state index contributed by atoms with van der Waals surface area (Å²) in [5.74, 6) is 2.37. The smallest absolute Gasteiger partial charge is 0.139 e. The number of nitrogens with one attached hydrogen (secondary N) is 1. The molecule has 0 spiro atoms. The molecule has 1 heterocycles. The van der Waals surface area contributed by atoms with E-state index >= 15 is 0 Å². The zero-order valence-electron chi connectivity index (χ0n) is 12.4. The summed E-state index contributed by atoms with van der Waals surface area (Å²) in [6.45, 7) is 8.33. The van der Waals surface area contributed by atoms with Crippen LogP contribution in [0.25, 0.3) is 11.0 Å². The van der Waals surface area contributed by atoms with Gasteiger partial charge in [-0.3, -0.25) is 0 Å². The van der Waals surface area contributed by atoms with Gasteiger partial charge < -0.3 is 9.73 Å². The van der Waals surface area contributed by atoms with Crippen LogP contribution in [0.15, 0.2) is 16.5 Å². The highest BCUT2D eigenvalue weighted by Crippen LogP contribution is 2.48. The van der Waals surface area contributed by atoms with Crippen molar-refractivity contribution in [2.24, 2.45) is 5.92 Å². The molecule has 0 atom stereocenters. The van der Waals surface area contributed by atoms with E-state index in [1.54, 1.807) is 0 Å². The lowest BCUT2D eigenvalue weighted by Gasteiger charge is -2.07. The third-order valence-electron chi connectivity index (χ3n) is 3.92. The van der Waals surface area contributed by atoms with Crippen molar-refractivity contribution in [3.63, 3.8) is 0 Å². The summed E-state index contributed by atoms with van der Waals surface area (Å²) in [6.07, 6.45) is 2.52. The Balaban J connectivity index is 2.00. The molecule has 1 aromatic carbocycles. The van der Waals surface area contributed by atoms with Crippen LogP contribution in [0.4, 0.5) is 0 Å². The average molecular weight is 292 g/mol. The predicted octanol–water partition coefficient (Wildman–Crippen LogP) is 5.02. The molecular weight excluding hydrogens is 270 g/mol. The molecule has 0 aliphatic heterocycles. The largest absolute Gasteiger partial charge is 0.459 e. The minimum Gasteiger partial charge on any atom is -0.459 e. The lowest BCUT2D eigenvalue weighted by molar-refractivity contribution is 0.480. The van der Waals surface area contributed by atoms with E-state index in [2.05, 4.69) is 26.1 Å². The molecule has 0 amide bonds. The van der Waals surface area contributed by atoms with Gasteiger partial charge >= 0.3 is 0 Å². The van der Waals surface area contributed by atoms with Crippen molar-refractivity contribution >= 4 is 22.6 Å². The van der Waals surface area contributed by atoms with Crippen LogP contribution < -0.4 is 5.32 Å². The van der Waals surface area contributed by atoms with Crippen molar-refractivity contribution in [2.75, 3.05) is 6.54 Å². The van der Waals surface area contributed by atoms with E-state index in [9.17, 15) is 0 Å². The second kappa shape index (κ2) is 5.42. The Morgan fingerprint density at radius 1 is 1.35 bits per heavy atom. The topological polar surface area (TPSA) is 25.2 Å². The Hall–Kier alpha value is -0.990. The van der Waals surface area contributed by atoms with Crippen LogP contribution in [-0.4, -0.2) is 6.54 Å². The Morgan fingerprint density at radius 3 is 2.75 bits per heavy atom. The maximum Gasteiger partial charge on any atom is 0.139 e. The maximum absolute atomic E-state index is 6.42. The first kappa shape index (κ1) is 14.0. The van der Waals surface area contributed by atoms with Crippen LogP contribution in [0.2, 0.25) is 5.02 Å². The fourth-order valence-corrected chi connectivity index (χ4v) is 3.02. The van der Waals surface area contributed by atoms with Gasteiger partial charge in [-0.2, -0.15) is 0 Å². The highest BCUT2D eigenvalue weighted by molar-refractivity contribution is 6.35. The molecule has 0 saturated heterocycles. The Kier molecular flexibility index (Phi) is 3.78. The Bertz CT molecular complexity index is 625. The Morgan fingerprint density at radius 2 is 2.10 bits per heavy atom. The highest BCUT2D eigenvalue weighted by Gasteiger charge is 2.32. The first-order valence-corrected chi connectivity index (χ1v) is 7.86. The summed E-state index contributed by atoms with van der Waals surface area (Å²) in [6, 6.07) is 4.03. The fourth-order valence-electron chi connectivity index (χ4n) is 2.77. The van der Waals surface area contributed by atoms with Gasteiger partial charge in [-0.15, -0.1) is 0 Å². The van der Waals surface area contributed by atoms with E-state index in [1.165, 1.54) is 24.0 Å². The van der Waals surface area contributed by atoms with Crippen molar-refractivity contribution in [3.8, 4) is 0 Å². The number of benzene rings is 1. The van der Waals surface area contributed by atoms with E-state index < -0.39 is 0 Å². The molecular formula is C17H22ClNO. The zero-order chi connectivity index (χ0) is 14.3. The van der Waals surface area contributed by atoms with E-state index in [0.29, 0.717) is 11.8 Å². The molecule has 2 nitrogen and oxygen atoms in total. The van der Waals surface area contributed by atoms with Gasteiger partial charge in [-0.05, 0) is 49.8 Å².